The molecule has 2 heteroatoms. The molecular weight excluding hydrogens is 184 g/mol. The Labute approximate surface area is 82.7 Å². The van der Waals surface area contributed by atoms with Crippen molar-refractivity contribution in [2.24, 2.45) is 0 Å². The van der Waals surface area contributed by atoms with Crippen LogP contribution in [0.4, 0.5) is 0 Å². The Bertz CT molecular complexity index is 353. The number of carbonyl (C=O) groups is 1. The summed E-state index contributed by atoms with van der Waals surface area (Å²) in [6, 6.07) is 7.63. The summed E-state index contributed by atoms with van der Waals surface area (Å²) >= 11 is 6.04. The molecule has 68 valence electrons. The van der Waals surface area contributed by atoms with Crippen LogP contribution >= 0.6 is 11.6 Å². The van der Waals surface area contributed by atoms with E-state index < -0.39 is 0 Å². The van der Waals surface area contributed by atoms with Crippen molar-refractivity contribution < 1.29 is 4.79 Å². The molecule has 0 atom stereocenters. The van der Waals surface area contributed by atoms with Crippen molar-refractivity contribution in [1.82, 2.24) is 0 Å². The van der Waals surface area contributed by atoms with E-state index in [0.717, 1.165) is 23.4 Å². The van der Waals surface area contributed by atoms with Gasteiger partial charge in [-0.1, -0.05) is 29.8 Å². The summed E-state index contributed by atoms with van der Waals surface area (Å²) in [6.45, 7) is 1.65. The highest BCUT2D eigenvalue weighted by Gasteiger charge is 2.49. The third kappa shape index (κ3) is 1.28. The molecule has 0 unspecified atom stereocenters. The molecule has 1 aliphatic carbocycles. The van der Waals surface area contributed by atoms with Crippen molar-refractivity contribution in [3.8, 4) is 0 Å². The van der Waals surface area contributed by atoms with E-state index in [1.54, 1.807) is 6.92 Å². The van der Waals surface area contributed by atoms with E-state index in [1.807, 2.05) is 24.3 Å². The zero-order valence-corrected chi connectivity index (χ0v) is 8.27. The molecule has 0 spiro atoms. The number of Topliss-reactive ketones (excluding diaryl/α,β-unsaturated/α-hetero) is 1. The van der Waals surface area contributed by atoms with Gasteiger partial charge in [0.15, 0.2) is 0 Å². The molecule has 0 bridgehead atoms. The van der Waals surface area contributed by atoms with Gasteiger partial charge in [-0.3, -0.25) is 4.79 Å². The minimum absolute atomic E-state index is 0.237. The third-order valence-corrected chi connectivity index (χ3v) is 3.14. The minimum Gasteiger partial charge on any atom is -0.299 e. The van der Waals surface area contributed by atoms with Crippen molar-refractivity contribution in [3.05, 3.63) is 34.9 Å². The molecule has 0 heterocycles. The van der Waals surface area contributed by atoms with Crippen molar-refractivity contribution >= 4 is 17.4 Å². The van der Waals surface area contributed by atoms with Crippen LogP contribution in [0.15, 0.2) is 24.3 Å². The first-order valence-corrected chi connectivity index (χ1v) is 4.81. The zero-order valence-electron chi connectivity index (χ0n) is 7.51. The van der Waals surface area contributed by atoms with Gasteiger partial charge in [-0.05, 0) is 31.4 Å². The maximum Gasteiger partial charge on any atom is 0.140 e. The number of rotatable bonds is 2. The highest BCUT2D eigenvalue weighted by molar-refractivity contribution is 6.31. The maximum atomic E-state index is 11.4. The van der Waals surface area contributed by atoms with Gasteiger partial charge < -0.3 is 0 Å². The Morgan fingerprint density at radius 1 is 1.38 bits per heavy atom. The summed E-state index contributed by atoms with van der Waals surface area (Å²) < 4.78 is 0. The van der Waals surface area contributed by atoms with Gasteiger partial charge >= 0.3 is 0 Å². The summed E-state index contributed by atoms with van der Waals surface area (Å²) in [6.07, 6.45) is 1.90. The fourth-order valence-corrected chi connectivity index (χ4v) is 2.10. The second-order valence-corrected chi connectivity index (χ2v) is 4.03. The van der Waals surface area contributed by atoms with Crippen LogP contribution in [0.2, 0.25) is 5.02 Å². The average molecular weight is 195 g/mol. The van der Waals surface area contributed by atoms with Crippen molar-refractivity contribution in [3.63, 3.8) is 0 Å². The van der Waals surface area contributed by atoms with Crippen LogP contribution in [0.5, 0.6) is 0 Å². The normalized spacial score (nSPS) is 18.3. The van der Waals surface area contributed by atoms with Crippen LogP contribution in [0.25, 0.3) is 0 Å². The monoisotopic (exact) mass is 194 g/mol. The van der Waals surface area contributed by atoms with Gasteiger partial charge in [-0.15, -0.1) is 0 Å². The molecule has 1 fully saturated rings. The third-order valence-electron chi connectivity index (χ3n) is 2.81. The molecule has 0 aromatic heterocycles. The van der Waals surface area contributed by atoms with Crippen LogP contribution in [0.1, 0.15) is 25.3 Å². The second kappa shape index (κ2) is 2.85. The molecule has 1 nitrogen and oxygen atoms in total. The summed E-state index contributed by atoms with van der Waals surface area (Å²) in [5.74, 6) is 0.237. The van der Waals surface area contributed by atoms with Gasteiger partial charge in [0.05, 0.1) is 5.41 Å². The summed E-state index contributed by atoms with van der Waals surface area (Å²) in [4.78, 5) is 11.4. The van der Waals surface area contributed by atoms with Gasteiger partial charge in [0.2, 0.25) is 0 Å². The van der Waals surface area contributed by atoms with Crippen molar-refractivity contribution in [2.75, 3.05) is 0 Å². The van der Waals surface area contributed by atoms with Gasteiger partial charge in [0, 0.05) is 5.02 Å². The lowest BCUT2D eigenvalue weighted by Gasteiger charge is -2.12. The van der Waals surface area contributed by atoms with Crippen LogP contribution < -0.4 is 0 Å². The molecule has 2 rings (SSSR count). The maximum absolute atomic E-state index is 11.4. The smallest absolute Gasteiger partial charge is 0.140 e. The predicted octanol–water partition coefficient (Wildman–Crippen LogP) is 2.96. The fourth-order valence-electron chi connectivity index (χ4n) is 1.79. The molecule has 0 aliphatic heterocycles. The number of hydrogen-bond donors (Lipinski definition) is 0. The molecule has 1 aromatic carbocycles. The van der Waals surface area contributed by atoms with E-state index in [2.05, 4.69) is 0 Å². The van der Waals surface area contributed by atoms with E-state index in [9.17, 15) is 4.79 Å². The van der Waals surface area contributed by atoms with E-state index in [4.69, 9.17) is 11.6 Å². The molecule has 0 radical (unpaired) electrons. The van der Waals surface area contributed by atoms with Gasteiger partial charge in [-0.2, -0.15) is 0 Å². The first kappa shape index (κ1) is 8.76. The highest BCUT2D eigenvalue weighted by atomic mass is 35.5. The van der Waals surface area contributed by atoms with E-state index in [0.29, 0.717) is 0 Å². The lowest BCUT2D eigenvalue weighted by atomic mass is 9.92. The number of carbonyl (C=O) groups excluding carboxylic acids is 1. The van der Waals surface area contributed by atoms with Gasteiger partial charge in [0.1, 0.15) is 5.78 Å². The zero-order chi connectivity index (χ0) is 9.47. The Morgan fingerprint density at radius 2 is 2.00 bits per heavy atom. The first-order chi connectivity index (χ1) is 6.17. The lowest BCUT2D eigenvalue weighted by molar-refractivity contribution is -0.119. The van der Waals surface area contributed by atoms with Gasteiger partial charge in [0.25, 0.3) is 0 Å². The Hall–Kier alpha value is -0.820. The van der Waals surface area contributed by atoms with E-state index in [1.165, 1.54) is 0 Å². The second-order valence-electron chi connectivity index (χ2n) is 3.62. The molecular formula is C11H11ClO. The highest BCUT2D eigenvalue weighted by Crippen LogP contribution is 2.50. The summed E-state index contributed by atoms with van der Waals surface area (Å²) in [7, 11) is 0. The Morgan fingerprint density at radius 3 is 2.46 bits per heavy atom. The molecule has 0 amide bonds. The minimum atomic E-state index is -0.238. The fraction of sp³-hybridized carbons (Fsp3) is 0.364. The van der Waals surface area contributed by atoms with Crippen LogP contribution in [-0.2, 0) is 10.2 Å². The quantitative estimate of drug-likeness (QED) is 0.708. The standard InChI is InChI=1S/C11H11ClO/c1-8(13)11(6-7-11)9-4-2-3-5-10(9)12/h2-5H,6-7H2,1H3. The summed E-state index contributed by atoms with van der Waals surface area (Å²) in [5, 5.41) is 0.718. The molecule has 0 N–H and O–H groups in total. The van der Waals surface area contributed by atoms with E-state index in [-0.39, 0.29) is 11.2 Å². The van der Waals surface area contributed by atoms with Crippen LogP contribution in [0, 0.1) is 0 Å². The lowest BCUT2D eigenvalue weighted by Crippen LogP contribution is -2.17. The first-order valence-electron chi connectivity index (χ1n) is 4.43. The largest absolute Gasteiger partial charge is 0.299 e. The van der Waals surface area contributed by atoms with Crippen molar-refractivity contribution in [2.45, 2.75) is 25.2 Å². The molecule has 1 aliphatic rings. The molecule has 1 saturated carbocycles. The predicted molar refractivity (Wildman–Crippen MR) is 53.0 cm³/mol. The number of ketones is 1. The summed E-state index contributed by atoms with van der Waals surface area (Å²) in [5.41, 5.74) is 0.766. The molecule has 1 aromatic rings. The average Bonchev–Trinajstić information content (AvgIpc) is 2.85. The topological polar surface area (TPSA) is 17.1 Å². The van der Waals surface area contributed by atoms with Crippen LogP contribution in [0.3, 0.4) is 0 Å². The molecule has 0 saturated heterocycles. The van der Waals surface area contributed by atoms with Crippen LogP contribution in [-0.4, -0.2) is 5.78 Å². The Kier molecular flexibility index (Phi) is 1.92. The van der Waals surface area contributed by atoms with Crippen molar-refractivity contribution in [1.29, 1.82) is 0 Å². The Balaban J connectivity index is 2.47. The van der Waals surface area contributed by atoms with Gasteiger partial charge in [-0.25, -0.2) is 0 Å². The molecule has 13 heavy (non-hydrogen) atoms. The number of halogens is 1. The number of hydrogen-bond acceptors (Lipinski definition) is 1. The van der Waals surface area contributed by atoms with E-state index >= 15 is 0 Å². The SMILES string of the molecule is CC(=O)C1(c2ccccc2Cl)CC1. The number of benzene rings is 1.